The predicted molar refractivity (Wildman–Crippen MR) is 44.9 cm³/mol. The van der Waals surface area contributed by atoms with Gasteiger partial charge in [0.25, 0.3) is 0 Å². The number of hydrogen-bond donors (Lipinski definition) is 0. The molecule has 0 bridgehead atoms. The molecule has 0 aromatic carbocycles. The molecule has 14 heavy (non-hydrogen) atoms. The van der Waals surface area contributed by atoms with Gasteiger partial charge in [-0.15, -0.1) is 0 Å². The van der Waals surface area contributed by atoms with Crippen molar-refractivity contribution >= 4 is 12.2 Å². The molecular formula is C8H10N2O4. The van der Waals surface area contributed by atoms with Gasteiger partial charge in [0, 0.05) is 0 Å². The van der Waals surface area contributed by atoms with Gasteiger partial charge < -0.3 is 9.47 Å². The molecule has 0 aromatic heterocycles. The summed E-state index contributed by atoms with van der Waals surface area (Å²) in [5, 5.41) is 0. The molecular weight excluding hydrogens is 188 g/mol. The van der Waals surface area contributed by atoms with Gasteiger partial charge in [-0.05, 0) is 13.8 Å². The van der Waals surface area contributed by atoms with Gasteiger partial charge in [0.1, 0.15) is 6.10 Å². The van der Waals surface area contributed by atoms with E-state index in [9.17, 15) is 9.59 Å². The molecule has 76 valence electrons. The van der Waals surface area contributed by atoms with Crippen LogP contribution in [0, 0.1) is 0 Å². The molecule has 1 saturated heterocycles. The molecule has 6 nitrogen and oxygen atoms in total. The first-order chi connectivity index (χ1) is 6.59. The van der Waals surface area contributed by atoms with Crippen LogP contribution < -0.4 is 0 Å². The third-order valence-corrected chi connectivity index (χ3v) is 1.73. The van der Waals surface area contributed by atoms with Crippen LogP contribution in [0.3, 0.4) is 0 Å². The summed E-state index contributed by atoms with van der Waals surface area (Å²) in [6.45, 7) is 3.67. The zero-order chi connectivity index (χ0) is 10.6. The van der Waals surface area contributed by atoms with E-state index in [0.29, 0.717) is 0 Å². The zero-order valence-corrected chi connectivity index (χ0v) is 7.89. The Morgan fingerprint density at radius 3 is 2.29 bits per heavy atom. The maximum Gasteiger partial charge on any atom is 0.237 e. The molecule has 1 fully saturated rings. The van der Waals surface area contributed by atoms with Crippen molar-refractivity contribution in [1.29, 1.82) is 0 Å². The van der Waals surface area contributed by atoms with E-state index in [4.69, 9.17) is 9.47 Å². The maximum absolute atomic E-state index is 10.0. The molecule has 1 unspecified atom stereocenters. The third kappa shape index (κ3) is 2.58. The molecule has 1 atom stereocenters. The van der Waals surface area contributed by atoms with E-state index in [0.717, 1.165) is 0 Å². The van der Waals surface area contributed by atoms with Crippen molar-refractivity contribution < 1.29 is 19.1 Å². The van der Waals surface area contributed by atoms with Gasteiger partial charge in [0.2, 0.25) is 12.2 Å². The van der Waals surface area contributed by atoms with E-state index in [1.54, 1.807) is 13.8 Å². The average Bonchev–Trinajstić information content (AvgIpc) is 2.46. The van der Waals surface area contributed by atoms with Crippen molar-refractivity contribution in [3.63, 3.8) is 0 Å². The van der Waals surface area contributed by atoms with Crippen LogP contribution in [0.15, 0.2) is 9.98 Å². The topological polar surface area (TPSA) is 77.3 Å². The second kappa shape index (κ2) is 4.26. The molecule has 1 heterocycles. The summed E-state index contributed by atoms with van der Waals surface area (Å²) in [6, 6.07) is 0. The second-order valence-corrected chi connectivity index (χ2v) is 3.22. The lowest BCUT2D eigenvalue weighted by Gasteiger charge is -2.17. The van der Waals surface area contributed by atoms with Crippen LogP contribution in [-0.4, -0.2) is 36.8 Å². The Morgan fingerprint density at radius 2 is 1.93 bits per heavy atom. The zero-order valence-electron chi connectivity index (χ0n) is 7.89. The predicted octanol–water partition coefficient (Wildman–Crippen LogP) is 0.136. The molecule has 0 spiro atoms. The van der Waals surface area contributed by atoms with Crippen LogP contribution in [0.5, 0.6) is 0 Å². The van der Waals surface area contributed by atoms with E-state index in [1.807, 2.05) is 0 Å². The number of isocyanates is 2. The Hall–Kier alpha value is -1.32. The van der Waals surface area contributed by atoms with Crippen molar-refractivity contribution in [2.75, 3.05) is 6.61 Å². The number of hydrogen-bond acceptors (Lipinski definition) is 6. The fourth-order valence-corrected chi connectivity index (χ4v) is 1.17. The Morgan fingerprint density at radius 1 is 1.36 bits per heavy atom. The first-order valence-corrected chi connectivity index (χ1v) is 4.05. The van der Waals surface area contributed by atoms with Crippen molar-refractivity contribution in [1.82, 2.24) is 0 Å². The number of nitrogens with zero attached hydrogens (tertiary/aromatic N) is 2. The van der Waals surface area contributed by atoms with Crippen LogP contribution in [0.4, 0.5) is 0 Å². The van der Waals surface area contributed by atoms with Gasteiger partial charge >= 0.3 is 0 Å². The summed E-state index contributed by atoms with van der Waals surface area (Å²) in [6.07, 6.45) is 1.20. The molecule has 1 aliphatic rings. The highest BCUT2D eigenvalue weighted by Crippen LogP contribution is 2.25. The van der Waals surface area contributed by atoms with Gasteiger partial charge in [0.15, 0.2) is 12.0 Å². The van der Waals surface area contributed by atoms with E-state index in [1.165, 1.54) is 12.2 Å². The maximum atomic E-state index is 10.0. The van der Waals surface area contributed by atoms with E-state index in [2.05, 4.69) is 9.98 Å². The smallest absolute Gasteiger partial charge is 0.237 e. The van der Waals surface area contributed by atoms with E-state index >= 15 is 0 Å². The summed E-state index contributed by atoms with van der Waals surface area (Å²) < 4.78 is 10.6. The van der Waals surface area contributed by atoms with Gasteiger partial charge in [0.05, 0.1) is 6.61 Å². The molecule has 0 N–H and O–H groups in total. The van der Waals surface area contributed by atoms with Crippen LogP contribution in [-0.2, 0) is 19.1 Å². The molecule has 1 aliphatic heterocycles. The molecule has 0 aromatic rings. The molecule has 6 heteroatoms. The normalized spacial score (nSPS) is 26.0. The number of ether oxygens (including phenoxy) is 2. The lowest BCUT2D eigenvalue weighted by atomic mass is 10.3. The summed E-state index contributed by atoms with van der Waals surface area (Å²) in [4.78, 5) is 26.7. The first kappa shape index (κ1) is 10.8. The fraction of sp³-hybridized carbons (Fsp3) is 0.750. The highest BCUT2D eigenvalue weighted by molar-refractivity contribution is 5.37. The second-order valence-electron chi connectivity index (χ2n) is 3.22. The van der Waals surface area contributed by atoms with Crippen LogP contribution in [0.2, 0.25) is 0 Å². The number of aliphatic imine (C=N–C) groups is 2. The minimum atomic E-state index is -0.910. The Kier molecular flexibility index (Phi) is 3.28. The number of carbonyl (C=O) groups excluding carboxylic acids is 2. The highest BCUT2D eigenvalue weighted by atomic mass is 16.7. The standard InChI is InChI=1S/C8H10N2O4/c1-8(2)13-3-6(14-8)7(9-4-11)10-5-12/h6-7H,3H2,1-2H3. The summed E-state index contributed by atoms with van der Waals surface area (Å²) in [5.41, 5.74) is 0. The van der Waals surface area contributed by atoms with Gasteiger partial charge in [-0.1, -0.05) is 0 Å². The summed E-state index contributed by atoms with van der Waals surface area (Å²) >= 11 is 0. The monoisotopic (exact) mass is 198 g/mol. The summed E-state index contributed by atoms with van der Waals surface area (Å²) in [7, 11) is 0. The van der Waals surface area contributed by atoms with E-state index in [-0.39, 0.29) is 6.61 Å². The molecule has 0 radical (unpaired) electrons. The first-order valence-electron chi connectivity index (χ1n) is 4.05. The minimum absolute atomic E-state index is 0.230. The Balaban J connectivity index is 2.71. The lowest BCUT2D eigenvalue weighted by Crippen LogP contribution is -2.28. The largest absolute Gasteiger partial charge is 0.348 e. The van der Waals surface area contributed by atoms with Crippen LogP contribution in [0.1, 0.15) is 13.8 Å². The Bertz CT molecular complexity index is 284. The molecule has 1 rings (SSSR count). The summed E-state index contributed by atoms with van der Waals surface area (Å²) in [5.74, 6) is -0.736. The molecule has 0 amide bonds. The van der Waals surface area contributed by atoms with Crippen molar-refractivity contribution in [3.8, 4) is 0 Å². The van der Waals surface area contributed by atoms with Crippen LogP contribution in [0.25, 0.3) is 0 Å². The minimum Gasteiger partial charge on any atom is -0.348 e. The Labute approximate surface area is 80.6 Å². The third-order valence-electron chi connectivity index (χ3n) is 1.73. The van der Waals surface area contributed by atoms with Crippen molar-refractivity contribution in [2.24, 2.45) is 9.98 Å². The SMILES string of the molecule is CC1(C)OCC(C(N=C=O)N=C=O)O1. The van der Waals surface area contributed by atoms with Crippen LogP contribution >= 0.6 is 0 Å². The van der Waals surface area contributed by atoms with Crippen molar-refractivity contribution in [2.45, 2.75) is 31.9 Å². The van der Waals surface area contributed by atoms with Crippen molar-refractivity contribution in [3.05, 3.63) is 0 Å². The highest BCUT2D eigenvalue weighted by Gasteiger charge is 2.37. The van der Waals surface area contributed by atoms with Gasteiger partial charge in [-0.3, -0.25) is 0 Å². The number of rotatable bonds is 3. The van der Waals surface area contributed by atoms with Gasteiger partial charge in [-0.25, -0.2) is 9.59 Å². The van der Waals surface area contributed by atoms with Gasteiger partial charge in [-0.2, -0.15) is 9.98 Å². The average molecular weight is 198 g/mol. The molecule has 0 saturated carbocycles. The molecule has 0 aliphatic carbocycles. The lowest BCUT2D eigenvalue weighted by molar-refractivity contribution is -0.140. The fourth-order valence-electron chi connectivity index (χ4n) is 1.17. The quantitative estimate of drug-likeness (QED) is 0.477. The van der Waals surface area contributed by atoms with E-state index < -0.39 is 18.1 Å².